The van der Waals surface area contributed by atoms with Crippen molar-refractivity contribution in [3.63, 3.8) is 0 Å². The fourth-order valence-corrected chi connectivity index (χ4v) is 2.38. The number of nitrogens with one attached hydrogen (secondary N) is 1. The van der Waals surface area contributed by atoms with Gasteiger partial charge in [0.25, 0.3) is 0 Å². The van der Waals surface area contributed by atoms with E-state index in [1.54, 1.807) is 0 Å². The number of carbonyl (C=O) groups excluding carboxylic acids is 1. The highest BCUT2D eigenvalue weighted by Crippen LogP contribution is 2.21. The third-order valence-corrected chi connectivity index (χ3v) is 3.49. The van der Waals surface area contributed by atoms with Gasteiger partial charge in [0.2, 0.25) is 5.91 Å². The topological polar surface area (TPSA) is 95.7 Å². The Morgan fingerprint density at radius 3 is 2.55 bits per heavy atom. The second-order valence-corrected chi connectivity index (χ2v) is 5.30. The molecule has 0 spiro atoms. The van der Waals surface area contributed by atoms with E-state index in [-0.39, 0.29) is 5.91 Å². The lowest BCUT2D eigenvalue weighted by molar-refractivity contribution is -0.142. The molecule has 2 rings (SSSR count). The fourth-order valence-electron chi connectivity index (χ4n) is 2.38. The van der Waals surface area contributed by atoms with Crippen molar-refractivity contribution in [3.8, 4) is 0 Å². The van der Waals surface area contributed by atoms with Crippen LogP contribution >= 0.6 is 0 Å². The summed E-state index contributed by atoms with van der Waals surface area (Å²) in [5.41, 5.74) is 6.52. The van der Waals surface area contributed by atoms with Crippen molar-refractivity contribution in [1.29, 1.82) is 0 Å². The number of hydrogen-bond acceptors (Lipinski definition) is 4. The summed E-state index contributed by atoms with van der Waals surface area (Å²) in [6, 6.07) is 7.50. The van der Waals surface area contributed by atoms with Crippen LogP contribution in [0.5, 0.6) is 0 Å². The molecule has 6 heteroatoms. The van der Waals surface area contributed by atoms with Gasteiger partial charge in [0.15, 0.2) is 0 Å². The first-order valence-electron chi connectivity index (χ1n) is 6.50. The lowest BCUT2D eigenvalue weighted by Gasteiger charge is -2.20. The molecule has 1 aromatic carbocycles. The Bertz CT molecular complexity index is 515. The second-order valence-electron chi connectivity index (χ2n) is 5.30. The molecule has 1 aromatic rings. The number of carboxylic acids is 1. The Kier molecular flexibility index (Phi) is 4.06. The predicted molar refractivity (Wildman–Crippen MR) is 75.2 cm³/mol. The first-order chi connectivity index (χ1) is 9.39. The average molecular weight is 277 g/mol. The van der Waals surface area contributed by atoms with Crippen LogP contribution in [0.1, 0.15) is 18.9 Å². The Balaban J connectivity index is 1.95. The van der Waals surface area contributed by atoms with Gasteiger partial charge in [-0.15, -0.1) is 0 Å². The number of amides is 1. The standard InChI is InChI=1S/C14H19N3O3/c1-10(18)16-12-4-2-11(3-5-12)8-17-7-6-14(15,9-17)13(19)20/h2-5H,6-9,15H2,1H3,(H,16,18)(H,19,20). The average Bonchev–Trinajstić information content (AvgIpc) is 2.74. The molecule has 1 saturated heterocycles. The molecule has 0 aliphatic carbocycles. The lowest BCUT2D eigenvalue weighted by Crippen LogP contribution is -2.50. The minimum atomic E-state index is -1.13. The SMILES string of the molecule is CC(=O)Nc1ccc(CN2CCC(N)(C(=O)O)C2)cc1. The van der Waals surface area contributed by atoms with Crippen LogP contribution in [0.15, 0.2) is 24.3 Å². The van der Waals surface area contributed by atoms with Crippen molar-refractivity contribution < 1.29 is 14.7 Å². The number of carbonyl (C=O) groups is 2. The molecule has 4 N–H and O–H groups in total. The number of anilines is 1. The van der Waals surface area contributed by atoms with Gasteiger partial charge in [-0.1, -0.05) is 12.1 Å². The van der Waals surface area contributed by atoms with Crippen LogP contribution in [-0.4, -0.2) is 40.5 Å². The number of nitrogens with zero attached hydrogens (tertiary/aromatic N) is 1. The van der Waals surface area contributed by atoms with Crippen LogP contribution < -0.4 is 11.1 Å². The summed E-state index contributed by atoms with van der Waals surface area (Å²) in [4.78, 5) is 24.0. The first kappa shape index (κ1) is 14.5. The van der Waals surface area contributed by atoms with Gasteiger partial charge in [-0.2, -0.15) is 0 Å². The molecule has 1 aliphatic heterocycles. The summed E-state index contributed by atoms with van der Waals surface area (Å²) in [7, 11) is 0. The smallest absolute Gasteiger partial charge is 0.325 e. The third kappa shape index (κ3) is 3.34. The van der Waals surface area contributed by atoms with Crippen molar-refractivity contribution in [1.82, 2.24) is 4.90 Å². The molecule has 1 fully saturated rings. The summed E-state index contributed by atoms with van der Waals surface area (Å²) in [6.07, 6.45) is 0.465. The Morgan fingerprint density at radius 2 is 2.05 bits per heavy atom. The van der Waals surface area contributed by atoms with Gasteiger partial charge in [0.05, 0.1) is 0 Å². The number of hydrogen-bond donors (Lipinski definition) is 3. The number of aliphatic carboxylic acids is 1. The zero-order chi connectivity index (χ0) is 14.8. The largest absolute Gasteiger partial charge is 0.480 e. The highest BCUT2D eigenvalue weighted by atomic mass is 16.4. The molecule has 1 unspecified atom stereocenters. The van der Waals surface area contributed by atoms with E-state index in [0.717, 1.165) is 11.3 Å². The number of likely N-dealkylation sites (tertiary alicyclic amines) is 1. The van der Waals surface area contributed by atoms with E-state index in [2.05, 4.69) is 5.32 Å². The van der Waals surface area contributed by atoms with E-state index in [9.17, 15) is 9.59 Å². The van der Waals surface area contributed by atoms with Crippen molar-refractivity contribution >= 4 is 17.6 Å². The second kappa shape index (κ2) is 5.60. The monoisotopic (exact) mass is 277 g/mol. The van der Waals surface area contributed by atoms with Gasteiger partial charge in [0, 0.05) is 32.2 Å². The molecule has 1 heterocycles. The van der Waals surface area contributed by atoms with Crippen LogP contribution in [0.4, 0.5) is 5.69 Å². The van der Waals surface area contributed by atoms with Crippen LogP contribution in [-0.2, 0) is 16.1 Å². The number of benzene rings is 1. The van der Waals surface area contributed by atoms with E-state index in [0.29, 0.717) is 26.1 Å². The molecule has 1 aliphatic rings. The normalized spacial score (nSPS) is 22.7. The molecule has 1 atom stereocenters. The van der Waals surface area contributed by atoms with Crippen molar-refractivity contribution in [2.75, 3.05) is 18.4 Å². The lowest BCUT2D eigenvalue weighted by atomic mass is 10.0. The number of rotatable bonds is 4. The van der Waals surface area contributed by atoms with Gasteiger partial charge < -0.3 is 16.2 Å². The van der Waals surface area contributed by atoms with Gasteiger partial charge in [-0.3, -0.25) is 14.5 Å². The minimum absolute atomic E-state index is 0.105. The Hall–Kier alpha value is -1.92. The van der Waals surface area contributed by atoms with E-state index >= 15 is 0 Å². The van der Waals surface area contributed by atoms with E-state index < -0.39 is 11.5 Å². The van der Waals surface area contributed by atoms with Crippen LogP contribution in [0, 0.1) is 0 Å². The zero-order valence-electron chi connectivity index (χ0n) is 11.4. The highest BCUT2D eigenvalue weighted by Gasteiger charge is 2.40. The first-order valence-corrected chi connectivity index (χ1v) is 6.50. The maximum absolute atomic E-state index is 11.1. The van der Waals surface area contributed by atoms with E-state index in [4.69, 9.17) is 10.8 Å². The molecule has 0 bridgehead atoms. The van der Waals surface area contributed by atoms with Crippen molar-refractivity contribution in [3.05, 3.63) is 29.8 Å². The molecular formula is C14H19N3O3. The summed E-state index contributed by atoms with van der Waals surface area (Å²) in [6.45, 7) is 3.16. The van der Waals surface area contributed by atoms with Crippen molar-refractivity contribution in [2.24, 2.45) is 5.73 Å². The molecular weight excluding hydrogens is 258 g/mol. The Morgan fingerprint density at radius 1 is 1.40 bits per heavy atom. The molecule has 108 valence electrons. The van der Waals surface area contributed by atoms with Gasteiger partial charge >= 0.3 is 5.97 Å². The fraction of sp³-hybridized carbons (Fsp3) is 0.429. The number of nitrogens with two attached hydrogens (primary N) is 1. The summed E-state index contributed by atoms with van der Waals surface area (Å²) < 4.78 is 0. The number of carboxylic acid groups (broad SMARTS) is 1. The molecule has 1 amide bonds. The molecule has 0 saturated carbocycles. The molecule has 0 aromatic heterocycles. The minimum Gasteiger partial charge on any atom is -0.480 e. The van der Waals surface area contributed by atoms with E-state index in [1.165, 1.54) is 6.92 Å². The maximum Gasteiger partial charge on any atom is 0.325 e. The summed E-state index contributed by atoms with van der Waals surface area (Å²) >= 11 is 0. The molecule has 6 nitrogen and oxygen atoms in total. The zero-order valence-corrected chi connectivity index (χ0v) is 11.4. The molecule has 0 radical (unpaired) electrons. The van der Waals surface area contributed by atoms with Gasteiger partial charge in [-0.05, 0) is 24.1 Å². The van der Waals surface area contributed by atoms with Crippen molar-refractivity contribution in [2.45, 2.75) is 25.4 Å². The van der Waals surface area contributed by atoms with Crippen LogP contribution in [0.25, 0.3) is 0 Å². The summed E-state index contributed by atoms with van der Waals surface area (Å²) in [5, 5.41) is 11.8. The van der Waals surface area contributed by atoms with E-state index in [1.807, 2.05) is 29.2 Å². The maximum atomic E-state index is 11.1. The quantitative estimate of drug-likeness (QED) is 0.750. The Labute approximate surface area is 117 Å². The van der Waals surface area contributed by atoms with Crippen LogP contribution in [0.3, 0.4) is 0 Å². The van der Waals surface area contributed by atoms with Gasteiger partial charge in [-0.25, -0.2) is 0 Å². The predicted octanol–water partition coefficient (Wildman–Crippen LogP) is 0.633. The van der Waals surface area contributed by atoms with Gasteiger partial charge in [0.1, 0.15) is 5.54 Å². The highest BCUT2D eigenvalue weighted by molar-refractivity contribution is 5.88. The summed E-state index contributed by atoms with van der Waals surface area (Å²) in [5.74, 6) is -1.05. The van der Waals surface area contributed by atoms with Crippen LogP contribution in [0.2, 0.25) is 0 Å². The molecule has 20 heavy (non-hydrogen) atoms. The third-order valence-electron chi connectivity index (χ3n) is 3.49.